The number of hydrogen-bond acceptors (Lipinski definition) is 3. The lowest BCUT2D eigenvalue weighted by Gasteiger charge is -2.06. The Morgan fingerprint density at radius 2 is 1.94 bits per heavy atom. The minimum absolute atomic E-state index is 0.0196. The van der Waals surface area contributed by atoms with Crippen LogP contribution in [0.1, 0.15) is 5.69 Å². The molecule has 0 aliphatic rings. The average Bonchev–Trinajstić information content (AvgIpc) is 2.51. The first-order chi connectivity index (χ1) is 7.66. The summed E-state index contributed by atoms with van der Waals surface area (Å²) in [4.78, 5) is 11.8. The Labute approximate surface area is 91.9 Å². The van der Waals surface area contributed by atoms with Gasteiger partial charge in [-0.05, 0) is 12.1 Å². The number of anilines is 1. The third kappa shape index (κ3) is 1.28. The molecule has 0 amide bonds. The molecule has 0 radical (unpaired) electrons. The standard InChI is InChI=1S/C11H10N4O/c1-14-9(7-12)10(13)11(16)15(14)8-5-3-2-4-6-8/h2-6H,13H2,1H3. The van der Waals surface area contributed by atoms with Gasteiger partial charge < -0.3 is 5.73 Å². The van der Waals surface area contributed by atoms with Gasteiger partial charge in [0.1, 0.15) is 11.8 Å². The molecule has 0 spiro atoms. The molecule has 0 saturated heterocycles. The van der Waals surface area contributed by atoms with E-state index in [0.29, 0.717) is 5.69 Å². The Hall–Kier alpha value is -2.48. The first kappa shape index (κ1) is 10.1. The number of nitrogens with two attached hydrogens (primary N) is 1. The molecular formula is C11H10N4O. The number of rotatable bonds is 1. The molecule has 0 aliphatic heterocycles. The van der Waals surface area contributed by atoms with Crippen LogP contribution < -0.4 is 11.3 Å². The van der Waals surface area contributed by atoms with Crippen LogP contribution in [0.3, 0.4) is 0 Å². The number of aromatic nitrogens is 2. The number of benzene rings is 1. The second kappa shape index (κ2) is 3.59. The molecule has 5 nitrogen and oxygen atoms in total. The Kier molecular flexibility index (Phi) is 2.25. The minimum Gasteiger partial charge on any atom is -0.392 e. The highest BCUT2D eigenvalue weighted by atomic mass is 16.1. The highest BCUT2D eigenvalue weighted by Crippen LogP contribution is 2.10. The molecule has 5 heteroatoms. The van der Waals surface area contributed by atoms with Gasteiger partial charge in [-0.1, -0.05) is 18.2 Å². The van der Waals surface area contributed by atoms with Gasteiger partial charge in [-0.2, -0.15) is 5.26 Å². The van der Waals surface area contributed by atoms with Crippen LogP contribution in [0.2, 0.25) is 0 Å². The SMILES string of the molecule is Cn1c(C#N)c(N)c(=O)n1-c1ccccc1. The summed E-state index contributed by atoms with van der Waals surface area (Å²) in [5, 5.41) is 8.88. The summed E-state index contributed by atoms with van der Waals surface area (Å²) < 4.78 is 2.82. The molecular weight excluding hydrogens is 204 g/mol. The van der Waals surface area contributed by atoms with Crippen LogP contribution >= 0.6 is 0 Å². The number of nitrogens with zero attached hydrogens (tertiary/aromatic N) is 3. The van der Waals surface area contributed by atoms with Crippen molar-refractivity contribution in [1.82, 2.24) is 9.36 Å². The molecule has 1 aromatic heterocycles. The summed E-state index contributed by atoms with van der Waals surface area (Å²) in [6.07, 6.45) is 0. The third-order valence-electron chi connectivity index (χ3n) is 2.41. The zero-order chi connectivity index (χ0) is 11.7. The first-order valence-electron chi connectivity index (χ1n) is 4.70. The quantitative estimate of drug-likeness (QED) is 0.756. The van der Waals surface area contributed by atoms with E-state index in [0.717, 1.165) is 0 Å². The predicted octanol–water partition coefficient (Wildman–Crippen LogP) is 0.630. The summed E-state index contributed by atoms with van der Waals surface area (Å²) in [7, 11) is 1.63. The second-order valence-corrected chi connectivity index (χ2v) is 3.35. The van der Waals surface area contributed by atoms with Crippen LogP contribution in [0.25, 0.3) is 5.69 Å². The van der Waals surface area contributed by atoms with Crippen molar-refractivity contribution in [2.45, 2.75) is 0 Å². The van der Waals surface area contributed by atoms with Gasteiger partial charge in [0.15, 0.2) is 5.69 Å². The summed E-state index contributed by atoms with van der Waals surface area (Å²) in [6.45, 7) is 0. The highest BCUT2D eigenvalue weighted by Gasteiger charge is 2.15. The summed E-state index contributed by atoms with van der Waals surface area (Å²) in [5.74, 6) is 0. The second-order valence-electron chi connectivity index (χ2n) is 3.35. The summed E-state index contributed by atoms with van der Waals surface area (Å²) >= 11 is 0. The maximum Gasteiger partial charge on any atom is 0.295 e. The van der Waals surface area contributed by atoms with Crippen LogP contribution in [0.15, 0.2) is 35.1 Å². The van der Waals surface area contributed by atoms with E-state index in [1.807, 2.05) is 24.3 Å². The zero-order valence-corrected chi connectivity index (χ0v) is 8.71. The van der Waals surface area contributed by atoms with Crippen molar-refractivity contribution in [2.24, 2.45) is 7.05 Å². The van der Waals surface area contributed by atoms with Gasteiger partial charge in [-0.25, -0.2) is 4.68 Å². The molecule has 0 aliphatic carbocycles. The maximum absolute atomic E-state index is 11.8. The summed E-state index contributed by atoms with van der Waals surface area (Å²) in [5.41, 5.74) is 6.04. The van der Waals surface area contributed by atoms with E-state index in [4.69, 9.17) is 11.0 Å². The molecule has 80 valence electrons. The van der Waals surface area contributed by atoms with Gasteiger partial charge in [0.2, 0.25) is 0 Å². The van der Waals surface area contributed by atoms with E-state index < -0.39 is 0 Å². The fraction of sp³-hybridized carbons (Fsp3) is 0.0909. The van der Waals surface area contributed by atoms with E-state index in [1.54, 1.807) is 19.2 Å². The summed E-state index contributed by atoms with van der Waals surface area (Å²) in [6, 6.07) is 11.0. The van der Waals surface area contributed by atoms with Crippen molar-refractivity contribution in [2.75, 3.05) is 5.73 Å². The number of para-hydroxylation sites is 1. The molecule has 1 aromatic carbocycles. The van der Waals surface area contributed by atoms with Crippen molar-refractivity contribution in [3.63, 3.8) is 0 Å². The average molecular weight is 214 g/mol. The molecule has 16 heavy (non-hydrogen) atoms. The molecule has 0 saturated carbocycles. The lowest BCUT2D eigenvalue weighted by molar-refractivity contribution is 0.639. The molecule has 1 heterocycles. The van der Waals surface area contributed by atoms with Crippen LogP contribution in [-0.4, -0.2) is 9.36 Å². The van der Waals surface area contributed by atoms with Crippen LogP contribution in [0.5, 0.6) is 0 Å². The smallest absolute Gasteiger partial charge is 0.295 e. The van der Waals surface area contributed by atoms with Crippen molar-refractivity contribution in [3.05, 3.63) is 46.4 Å². The monoisotopic (exact) mass is 214 g/mol. The fourth-order valence-corrected chi connectivity index (χ4v) is 1.62. The van der Waals surface area contributed by atoms with E-state index in [1.165, 1.54) is 9.36 Å². The number of nitrogen functional groups attached to an aromatic ring is 1. The first-order valence-corrected chi connectivity index (χ1v) is 4.70. The molecule has 0 fully saturated rings. The number of nitriles is 1. The van der Waals surface area contributed by atoms with Crippen molar-refractivity contribution >= 4 is 5.69 Å². The van der Waals surface area contributed by atoms with E-state index >= 15 is 0 Å². The zero-order valence-electron chi connectivity index (χ0n) is 8.71. The molecule has 2 N–H and O–H groups in total. The normalized spacial score (nSPS) is 10.0. The lowest BCUT2D eigenvalue weighted by Crippen LogP contribution is -2.20. The Morgan fingerprint density at radius 3 is 2.44 bits per heavy atom. The van der Waals surface area contributed by atoms with Gasteiger partial charge in [-0.3, -0.25) is 9.48 Å². The number of hydrogen-bond donors (Lipinski definition) is 1. The topological polar surface area (TPSA) is 76.7 Å². The Balaban J connectivity index is 2.79. The van der Waals surface area contributed by atoms with Crippen LogP contribution in [0.4, 0.5) is 5.69 Å². The van der Waals surface area contributed by atoms with Gasteiger partial charge >= 0.3 is 0 Å². The largest absolute Gasteiger partial charge is 0.392 e. The van der Waals surface area contributed by atoms with Crippen LogP contribution in [0, 0.1) is 11.3 Å². The van der Waals surface area contributed by atoms with E-state index in [2.05, 4.69) is 0 Å². The molecule has 2 aromatic rings. The molecule has 2 rings (SSSR count). The predicted molar refractivity (Wildman–Crippen MR) is 60.1 cm³/mol. The fourth-order valence-electron chi connectivity index (χ4n) is 1.62. The molecule has 0 atom stereocenters. The van der Waals surface area contributed by atoms with Gasteiger partial charge in [0, 0.05) is 7.05 Å². The van der Waals surface area contributed by atoms with Gasteiger partial charge in [-0.15, -0.1) is 0 Å². The van der Waals surface area contributed by atoms with Gasteiger partial charge in [0.05, 0.1) is 5.69 Å². The van der Waals surface area contributed by atoms with Crippen molar-refractivity contribution < 1.29 is 0 Å². The van der Waals surface area contributed by atoms with Crippen molar-refractivity contribution in [3.8, 4) is 11.8 Å². The van der Waals surface area contributed by atoms with Crippen molar-refractivity contribution in [1.29, 1.82) is 5.26 Å². The Morgan fingerprint density at radius 1 is 1.31 bits per heavy atom. The molecule has 0 bridgehead atoms. The molecule has 0 unspecified atom stereocenters. The maximum atomic E-state index is 11.8. The van der Waals surface area contributed by atoms with Gasteiger partial charge in [0.25, 0.3) is 5.56 Å². The minimum atomic E-state index is -0.370. The lowest BCUT2D eigenvalue weighted by atomic mass is 10.3. The highest BCUT2D eigenvalue weighted by molar-refractivity contribution is 5.51. The van der Waals surface area contributed by atoms with Crippen LogP contribution in [-0.2, 0) is 7.05 Å². The van der Waals surface area contributed by atoms with E-state index in [9.17, 15) is 4.79 Å². The van der Waals surface area contributed by atoms with E-state index in [-0.39, 0.29) is 16.9 Å². The third-order valence-corrected chi connectivity index (χ3v) is 2.41. The Bertz CT molecular complexity index is 616.